The summed E-state index contributed by atoms with van der Waals surface area (Å²) >= 11 is 0. The van der Waals surface area contributed by atoms with Gasteiger partial charge in [-0.2, -0.15) is 0 Å². The van der Waals surface area contributed by atoms with Crippen molar-refractivity contribution < 1.29 is 9.53 Å². The molecule has 0 unspecified atom stereocenters. The topological polar surface area (TPSA) is 58.6 Å². The number of likely N-dealkylation sites (tertiary alicyclic amines) is 1. The van der Waals surface area contributed by atoms with Gasteiger partial charge < -0.3 is 14.5 Å². The predicted octanol–water partition coefficient (Wildman–Crippen LogP) is 2.38. The Morgan fingerprint density at radius 1 is 1.08 bits per heavy atom. The van der Waals surface area contributed by atoms with Crippen LogP contribution in [0.5, 0.6) is 0 Å². The molecule has 2 aliphatic heterocycles. The van der Waals surface area contributed by atoms with Gasteiger partial charge in [0.25, 0.3) is 5.91 Å². The van der Waals surface area contributed by atoms with E-state index in [-0.39, 0.29) is 5.91 Å². The second-order valence-electron chi connectivity index (χ2n) is 7.88. The highest BCUT2D eigenvalue weighted by atomic mass is 16.5. The summed E-state index contributed by atoms with van der Waals surface area (Å²) in [5, 5.41) is 0. The van der Waals surface area contributed by atoms with E-state index in [2.05, 4.69) is 9.88 Å². The lowest BCUT2D eigenvalue weighted by Crippen LogP contribution is -2.41. The van der Waals surface area contributed by atoms with Crippen LogP contribution in [0.15, 0.2) is 6.20 Å². The average molecular weight is 358 g/mol. The molecular formula is C20H30N4O2. The number of carbonyl (C=O) groups excluding carboxylic acids is 1. The summed E-state index contributed by atoms with van der Waals surface area (Å²) in [6.45, 7) is 6.79. The number of carbonyl (C=O) groups is 1. The van der Waals surface area contributed by atoms with Crippen molar-refractivity contribution in [1.82, 2.24) is 19.8 Å². The van der Waals surface area contributed by atoms with Crippen molar-refractivity contribution in [2.75, 3.05) is 39.4 Å². The molecule has 1 aromatic rings. The van der Waals surface area contributed by atoms with Gasteiger partial charge in [0, 0.05) is 31.2 Å². The number of morpholine rings is 1. The minimum atomic E-state index is 0.0356. The number of aromatic nitrogens is 2. The van der Waals surface area contributed by atoms with Crippen LogP contribution in [-0.2, 0) is 4.74 Å². The fraction of sp³-hybridized carbons (Fsp3) is 0.750. The molecule has 1 aromatic heterocycles. The molecule has 1 saturated carbocycles. The molecule has 0 atom stereocenters. The monoisotopic (exact) mass is 358 g/mol. The van der Waals surface area contributed by atoms with Crippen molar-refractivity contribution >= 4 is 5.91 Å². The number of rotatable bonds is 3. The molecule has 0 radical (unpaired) electrons. The highest BCUT2D eigenvalue weighted by Gasteiger charge is 2.29. The van der Waals surface area contributed by atoms with Crippen molar-refractivity contribution in [1.29, 1.82) is 0 Å². The zero-order valence-electron chi connectivity index (χ0n) is 15.8. The first-order valence-corrected chi connectivity index (χ1v) is 10.2. The van der Waals surface area contributed by atoms with E-state index in [0.29, 0.717) is 37.8 Å². The minimum Gasteiger partial charge on any atom is -0.378 e. The van der Waals surface area contributed by atoms with E-state index in [1.807, 2.05) is 11.8 Å². The number of hydrogen-bond donors (Lipinski definition) is 0. The molecule has 26 heavy (non-hydrogen) atoms. The molecule has 3 heterocycles. The van der Waals surface area contributed by atoms with Gasteiger partial charge in [-0.1, -0.05) is 12.8 Å². The number of piperidine rings is 1. The fourth-order valence-electron chi connectivity index (χ4n) is 4.62. The maximum atomic E-state index is 12.7. The molecule has 0 spiro atoms. The summed E-state index contributed by atoms with van der Waals surface area (Å²) in [5.41, 5.74) is 1.45. The second kappa shape index (κ2) is 8.01. The van der Waals surface area contributed by atoms with E-state index >= 15 is 0 Å². The van der Waals surface area contributed by atoms with Crippen LogP contribution in [-0.4, -0.2) is 71.1 Å². The lowest BCUT2D eigenvalue weighted by Gasteiger charge is -2.35. The first-order chi connectivity index (χ1) is 12.7. The smallest absolute Gasteiger partial charge is 0.257 e. The quantitative estimate of drug-likeness (QED) is 0.830. The van der Waals surface area contributed by atoms with Crippen LogP contribution in [0.2, 0.25) is 0 Å². The van der Waals surface area contributed by atoms with Gasteiger partial charge in [-0.3, -0.25) is 4.79 Å². The fourth-order valence-corrected chi connectivity index (χ4v) is 4.62. The van der Waals surface area contributed by atoms with Crippen LogP contribution in [0.4, 0.5) is 0 Å². The third-order valence-electron chi connectivity index (χ3n) is 6.26. The first-order valence-electron chi connectivity index (χ1n) is 10.2. The lowest BCUT2D eigenvalue weighted by atomic mass is 9.94. The van der Waals surface area contributed by atoms with Crippen LogP contribution < -0.4 is 0 Å². The molecule has 6 heteroatoms. The average Bonchev–Trinajstić information content (AvgIpc) is 3.23. The number of ether oxygens (including phenoxy) is 1. The number of aryl methyl sites for hydroxylation is 1. The molecule has 0 bridgehead atoms. The third kappa shape index (κ3) is 3.76. The van der Waals surface area contributed by atoms with E-state index in [4.69, 9.17) is 9.72 Å². The van der Waals surface area contributed by atoms with Gasteiger partial charge in [-0.05, 0) is 45.7 Å². The molecule has 3 aliphatic rings. The van der Waals surface area contributed by atoms with Gasteiger partial charge in [0.1, 0.15) is 5.82 Å². The van der Waals surface area contributed by atoms with Crippen LogP contribution in [0.25, 0.3) is 0 Å². The summed E-state index contributed by atoms with van der Waals surface area (Å²) < 4.78 is 5.33. The Kier molecular flexibility index (Phi) is 5.50. The lowest BCUT2D eigenvalue weighted by molar-refractivity contribution is 0.0301. The SMILES string of the molecule is Cc1nc(C2CCN(C3CCCC3)CC2)ncc1C(=O)N1CCOCC1. The molecule has 1 amide bonds. The van der Waals surface area contributed by atoms with Crippen molar-refractivity contribution in [2.24, 2.45) is 0 Å². The largest absolute Gasteiger partial charge is 0.378 e. The van der Waals surface area contributed by atoms with Crippen LogP contribution in [0.3, 0.4) is 0 Å². The Bertz CT molecular complexity index is 631. The Hall–Kier alpha value is -1.53. The summed E-state index contributed by atoms with van der Waals surface area (Å²) in [4.78, 5) is 26.5. The molecule has 0 aromatic carbocycles. The molecule has 1 aliphatic carbocycles. The summed E-state index contributed by atoms with van der Waals surface area (Å²) in [6.07, 6.45) is 9.55. The van der Waals surface area contributed by atoms with E-state index in [0.717, 1.165) is 43.5 Å². The van der Waals surface area contributed by atoms with Gasteiger partial charge in [-0.15, -0.1) is 0 Å². The zero-order chi connectivity index (χ0) is 17.9. The highest BCUT2D eigenvalue weighted by Crippen LogP contribution is 2.31. The predicted molar refractivity (Wildman–Crippen MR) is 99.3 cm³/mol. The summed E-state index contributed by atoms with van der Waals surface area (Å²) in [6, 6.07) is 0.812. The normalized spacial score (nSPS) is 23.5. The van der Waals surface area contributed by atoms with E-state index in [1.165, 1.54) is 25.7 Å². The zero-order valence-corrected chi connectivity index (χ0v) is 15.8. The molecule has 3 fully saturated rings. The van der Waals surface area contributed by atoms with Crippen molar-refractivity contribution in [2.45, 2.75) is 57.4 Å². The Balaban J connectivity index is 1.39. The van der Waals surface area contributed by atoms with E-state index < -0.39 is 0 Å². The van der Waals surface area contributed by atoms with E-state index in [9.17, 15) is 4.79 Å². The van der Waals surface area contributed by atoms with Crippen LogP contribution >= 0.6 is 0 Å². The maximum absolute atomic E-state index is 12.7. The van der Waals surface area contributed by atoms with Gasteiger partial charge in [0.15, 0.2) is 0 Å². The minimum absolute atomic E-state index is 0.0356. The van der Waals surface area contributed by atoms with Crippen LogP contribution in [0.1, 0.15) is 66.3 Å². The number of amides is 1. The Morgan fingerprint density at radius 2 is 1.77 bits per heavy atom. The number of hydrogen-bond acceptors (Lipinski definition) is 5. The van der Waals surface area contributed by atoms with E-state index in [1.54, 1.807) is 6.20 Å². The number of nitrogens with zero attached hydrogens (tertiary/aromatic N) is 4. The molecule has 6 nitrogen and oxygen atoms in total. The Morgan fingerprint density at radius 3 is 2.42 bits per heavy atom. The summed E-state index contributed by atoms with van der Waals surface area (Å²) in [7, 11) is 0. The van der Waals surface area contributed by atoms with Gasteiger partial charge in [0.05, 0.1) is 24.5 Å². The molecule has 2 saturated heterocycles. The first kappa shape index (κ1) is 17.9. The molecule has 0 N–H and O–H groups in total. The van der Waals surface area contributed by atoms with Crippen molar-refractivity contribution in [3.63, 3.8) is 0 Å². The van der Waals surface area contributed by atoms with Crippen molar-refractivity contribution in [3.8, 4) is 0 Å². The maximum Gasteiger partial charge on any atom is 0.257 e. The molecule has 142 valence electrons. The molecular weight excluding hydrogens is 328 g/mol. The molecule has 4 rings (SSSR count). The third-order valence-corrected chi connectivity index (χ3v) is 6.26. The summed E-state index contributed by atoms with van der Waals surface area (Å²) in [5.74, 6) is 1.39. The Labute approximate surface area is 155 Å². The van der Waals surface area contributed by atoms with Gasteiger partial charge >= 0.3 is 0 Å². The van der Waals surface area contributed by atoms with Gasteiger partial charge in [-0.25, -0.2) is 9.97 Å². The standard InChI is InChI=1S/C20H30N4O2/c1-15-18(20(25)24-10-12-26-13-11-24)14-21-19(22-15)16-6-8-23(9-7-16)17-4-2-3-5-17/h14,16-17H,2-13H2,1H3. The second-order valence-corrected chi connectivity index (χ2v) is 7.88. The highest BCUT2D eigenvalue weighted by molar-refractivity contribution is 5.95. The van der Waals surface area contributed by atoms with Gasteiger partial charge in [0.2, 0.25) is 0 Å². The van der Waals surface area contributed by atoms with Crippen LogP contribution in [0, 0.1) is 6.92 Å². The van der Waals surface area contributed by atoms with Crippen molar-refractivity contribution in [3.05, 3.63) is 23.3 Å².